The summed E-state index contributed by atoms with van der Waals surface area (Å²) in [7, 11) is 0. The molecule has 6 N–H and O–H groups in total. The molecule has 0 bridgehead atoms. The van der Waals surface area contributed by atoms with E-state index in [0.717, 1.165) is 0 Å². The molecule has 1 rings (SSSR count). The largest absolute Gasteiger partial charge is 0.481 e. The van der Waals surface area contributed by atoms with Crippen molar-refractivity contribution < 1.29 is 30.0 Å². The van der Waals surface area contributed by atoms with Gasteiger partial charge in [-0.05, 0) is 12.8 Å². The second kappa shape index (κ2) is 3.76. The van der Waals surface area contributed by atoms with E-state index < -0.39 is 35.6 Å². The van der Waals surface area contributed by atoms with Gasteiger partial charge < -0.3 is 26.2 Å². The molecule has 1 saturated carbocycles. The molecule has 0 aliphatic heterocycles. The third-order valence-corrected chi connectivity index (χ3v) is 2.83. The van der Waals surface area contributed by atoms with E-state index in [1.807, 2.05) is 0 Å². The molecule has 0 amide bonds. The fourth-order valence-electron chi connectivity index (χ4n) is 1.95. The molecule has 0 aromatic carbocycles. The Labute approximate surface area is 85.1 Å². The SMILES string of the molecule is NC1(C(=O)O)CC(C(=O)O)C(C(O)O)C1. The molecule has 86 valence electrons. The van der Waals surface area contributed by atoms with Crippen molar-refractivity contribution in [2.24, 2.45) is 17.6 Å². The zero-order valence-electron chi connectivity index (χ0n) is 7.83. The molecule has 0 saturated heterocycles. The van der Waals surface area contributed by atoms with E-state index in [1.54, 1.807) is 0 Å². The van der Waals surface area contributed by atoms with E-state index in [-0.39, 0.29) is 12.8 Å². The van der Waals surface area contributed by atoms with Crippen molar-refractivity contribution in [1.29, 1.82) is 0 Å². The molecule has 1 aliphatic carbocycles. The first-order valence-electron chi connectivity index (χ1n) is 4.39. The van der Waals surface area contributed by atoms with Crippen LogP contribution < -0.4 is 5.73 Å². The van der Waals surface area contributed by atoms with Gasteiger partial charge in [-0.2, -0.15) is 0 Å². The van der Waals surface area contributed by atoms with Crippen LogP contribution in [0.15, 0.2) is 0 Å². The summed E-state index contributed by atoms with van der Waals surface area (Å²) in [6.07, 6.45) is -2.41. The lowest BCUT2D eigenvalue weighted by Gasteiger charge is -2.18. The minimum atomic E-state index is -1.86. The highest BCUT2D eigenvalue weighted by Gasteiger charge is 2.52. The lowest BCUT2D eigenvalue weighted by Crippen LogP contribution is -2.46. The average Bonchev–Trinajstić information content (AvgIpc) is 2.45. The topological polar surface area (TPSA) is 141 Å². The molecular formula is C8H13NO6. The Morgan fingerprint density at radius 1 is 1.27 bits per heavy atom. The van der Waals surface area contributed by atoms with Crippen molar-refractivity contribution in [3.63, 3.8) is 0 Å². The zero-order valence-corrected chi connectivity index (χ0v) is 7.83. The molecule has 3 unspecified atom stereocenters. The smallest absolute Gasteiger partial charge is 0.323 e. The second-order valence-corrected chi connectivity index (χ2v) is 3.89. The maximum atomic E-state index is 10.8. The maximum absolute atomic E-state index is 10.8. The van der Waals surface area contributed by atoms with Gasteiger partial charge in [-0.15, -0.1) is 0 Å². The Balaban J connectivity index is 2.92. The summed E-state index contributed by atoms with van der Waals surface area (Å²) in [5.74, 6) is -4.76. The van der Waals surface area contributed by atoms with Gasteiger partial charge in [-0.1, -0.05) is 0 Å². The van der Waals surface area contributed by atoms with Crippen molar-refractivity contribution in [1.82, 2.24) is 0 Å². The Morgan fingerprint density at radius 2 is 1.80 bits per heavy atom. The lowest BCUT2D eigenvalue weighted by atomic mass is 9.96. The van der Waals surface area contributed by atoms with Crippen LogP contribution in [0.1, 0.15) is 12.8 Å². The highest BCUT2D eigenvalue weighted by atomic mass is 16.5. The third-order valence-electron chi connectivity index (χ3n) is 2.83. The average molecular weight is 219 g/mol. The van der Waals surface area contributed by atoms with Gasteiger partial charge in [0.1, 0.15) is 5.54 Å². The summed E-state index contributed by atoms with van der Waals surface area (Å²) < 4.78 is 0. The van der Waals surface area contributed by atoms with E-state index in [4.69, 9.17) is 26.2 Å². The van der Waals surface area contributed by atoms with Crippen molar-refractivity contribution in [2.75, 3.05) is 0 Å². The highest BCUT2D eigenvalue weighted by molar-refractivity contribution is 5.81. The third kappa shape index (κ3) is 2.09. The Kier molecular flexibility index (Phi) is 2.98. The molecule has 3 atom stereocenters. The van der Waals surface area contributed by atoms with Gasteiger partial charge in [-0.25, -0.2) is 0 Å². The predicted molar refractivity (Wildman–Crippen MR) is 46.6 cm³/mol. The summed E-state index contributed by atoms with van der Waals surface area (Å²) in [6, 6.07) is 0. The van der Waals surface area contributed by atoms with Crippen LogP contribution in [0.5, 0.6) is 0 Å². The number of aliphatic carboxylic acids is 2. The quantitative estimate of drug-likeness (QED) is 0.352. The van der Waals surface area contributed by atoms with Crippen molar-refractivity contribution in [3.05, 3.63) is 0 Å². The standard InChI is InChI=1S/C8H13NO6/c9-8(7(14)15)1-3(5(10)11)4(2-8)6(12)13/h3-5,10-11H,1-2,9H2,(H,12,13)(H,14,15). The van der Waals surface area contributed by atoms with Gasteiger partial charge >= 0.3 is 11.9 Å². The lowest BCUT2D eigenvalue weighted by molar-refractivity contribution is -0.151. The Hall–Kier alpha value is -1.18. The number of carboxylic acid groups (broad SMARTS) is 2. The van der Waals surface area contributed by atoms with Crippen LogP contribution >= 0.6 is 0 Å². The van der Waals surface area contributed by atoms with Crippen LogP contribution in [0, 0.1) is 11.8 Å². The first-order valence-corrected chi connectivity index (χ1v) is 4.39. The molecule has 7 nitrogen and oxygen atoms in total. The van der Waals surface area contributed by atoms with Gasteiger partial charge in [-0.3, -0.25) is 9.59 Å². The first-order chi connectivity index (χ1) is 6.78. The minimum Gasteiger partial charge on any atom is -0.481 e. The molecule has 1 fully saturated rings. The molecule has 0 aromatic rings. The number of hydrogen-bond donors (Lipinski definition) is 5. The van der Waals surface area contributed by atoms with Crippen molar-refractivity contribution in [2.45, 2.75) is 24.7 Å². The summed E-state index contributed by atoms with van der Waals surface area (Å²) in [5.41, 5.74) is 3.79. The number of rotatable bonds is 3. The fraction of sp³-hybridized carbons (Fsp3) is 0.750. The van der Waals surface area contributed by atoms with Crippen LogP contribution in [0.3, 0.4) is 0 Å². The number of aliphatic hydroxyl groups excluding tert-OH is 1. The monoisotopic (exact) mass is 219 g/mol. The highest BCUT2D eigenvalue weighted by Crippen LogP contribution is 2.39. The normalized spacial score (nSPS) is 35.7. The molecular weight excluding hydrogens is 206 g/mol. The van der Waals surface area contributed by atoms with Crippen LogP contribution in [0.25, 0.3) is 0 Å². The predicted octanol–water partition coefficient (Wildman–Crippen LogP) is -1.81. The molecule has 0 heterocycles. The Morgan fingerprint density at radius 3 is 2.07 bits per heavy atom. The minimum absolute atomic E-state index is 0.253. The molecule has 0 radical (unpaired) electrons. The van der Waals surface area contributed by atoms with Crippen LogP contribution in [-0.2, 0) is 9.59 Å². The molecule has 1 aliphatic rings. The summed E-state index contributed by atoms with van der Waals surface area (Å²) in [6.45, 7) is 0. The van der Waals surface area contributed by atoms with Gasteiger partial charge in [0.15, 0.2) is 6.29 Å². The van der Waals surface area contributed by atoms with Crippen molar-refractivity contribution >= 4 is 11.9 Å². The number of nitrogens with two attached hydrogens (primary N) is 1. The van der Waals surface area contributed by atoms with E-state index in [9.17, 15) is 9.59 Å². The Bertz CT molecular complexity index is 291. The van der Waals surface area contributed by atoms with E-state index in [2.05, 4.69) is 0 Å². The van der Waals surface area contributed by atoms with Gasteiger partial charge in [0, 0.05) is 5.92 Å². The number of hydrogen-bond acceptors (Lipinski definition) is 5. The first kappa shape index (κ1) is 11.9. The van der Waals surface area contributed by atoms with Gasteiger partial charge in [0.05, 0.1) is 5.92 Å². The zero-order chi connectivity index (χ0) is 11.8. The number of aliphatic hydroxyl groups is 2. The number of carbonyl (C=O) groups is 2. The molecule has 7 heteroatoms. The summed E-state index contributed by atoms with van der Waals surface area (Å²) >= 11 is 0. The van der Waals surface area contributed by atoms with E-state index in [0.29, 0.717) is 0 Å². The molecule has 15 heavy (non-hydrogen) atoms. The van der Waals surface area contributed by atoms with Crippen LogP contribution in [0.2, 0.25) is 0 Å². The van der Waals surface area contributed by atoms with Crippen molar-refractivity contribution in [3.8, 4) is 0 Å². The van der Waals surface area contributed by atoms with Gasteiger partial charge in [0.2, 0.25) is 0 Å². The fourth-order valence-corrected chi connectivity index (χ4v) is 1.95. The van der Waals surface area contributed by atoms with Crippen LogP contribution in [0.4, 0.5) is 0 Å². The number of carboxylic acids is 2. The summed E-state index contributed by atoms with van der Waals surface area (Å²) in [5, 5.41) is 35.4. The van der Waals surface area contributed by atoms with E-state index >= 15 is 0 Å². The molecule has 0 aromatic heterocycles. The molecule has 0 spiro atoms. The summed E-state index contributed by atoms with van der Waals surface area (Å²) in [4.78, 5) is 21.5. The van der Waals surface area contributed by atoms with Crippen LogP contribution in [-0.4, -0.2) is 44.2 Å². The van der Waals surface area contributed by atoms with Gasteiger partial charge in [0.25, 0.3) is 0 Å². The maximum Gasteiger partial charge on any atom is 0.323 e. The van der Waals surface area contributed by atoms with E-state index in [1.165, 1.54) is 0 Å². The second-order valence-electron chi connectivity index (χ2n) is 3.89.